The molecule has 136 valence electrons. The van der Waals surface area contributed by atoms with Gasteiger partial charge in [0.25, 0.3) is 5.91 Å². The fourth-order valence-electron chi connectivity index (χ4n) is 2.50. The Morgan fingerprint density at radius 2 is 1.88 bits per heavy atom. The number of ether oxygens (including phenoxy) is 1. The summed E-state index contributed by atoms with van der Waals surface area (Å²) in [5, 5.41) is 2.85. The largest absolute Gasteiger partial charge is 0.444 e. The van der Waals surface area contributed by atoms with Gasteiger partial charge < -0.3 is 10.1 Å². The first-order valence-corrected chi connectivity index (χ1v) is 9.55. The van der Waals surface area contributed by atoms with Crippen LogP contribution in [0.15, 0.2) is 53.4 Å². The molecule has 2 aromatic rings. The standard InChI is InChI=1S/C20H20FNO3S/c1-2-26-17-6-4-3-5-16(17)20(24)25-18(19(23)22-15-11-12-15)13-7-9-14(21)10-8-13/h3-10,15,18H,2,11-12H2,1H3,(H,22,23). The fraction of sp³-hybridized carbons (Fsp3) is 0.300. The summed E-state index contributed by atoms with van der Waals surface area (Å²) in [5.74, 6) is -0.547. The molecule has 6 heteroatoms. The molecule has 0 aromatic heterocycles. The summed E-state index contributed by atoms with van der Waals surface area (Å²) in [6, 6.07) is 12.7. The second-order valence-corrected chi connectivity index (χ2v) is 7.35. The van der Waals surface area contributed by atoms with Crippen molar-refractivity contribution in [3.05, 3.63) is 65.5 Å². The first-order valence-electron chi connectivity index (χ1n) is 8.57. The van der Waals surface area contributed by atoms with Crippen molar-refractivity contribution < 1.29 is 18.7 Å². The number of halogens is 1. The number of carbonyl (C=O) groups excluding carboxylic acids is 2. The first kappa shape index (κ1) is 18.5. The van der Waals surface area contributed by atoms with Crippen LogP contribution in [0.25, 0.3) is 0 Å². The van der Waals surface area contributed by atoms with Crippen LogP contribution >= 0.6 is 11.8 Å². The van der Waals surface area contributed by atoms with Crippen LogP contribution in [0.5, 0.6) is 0 Å². The molecule has 0 radical (unpaired) electrons. The maximum Gasteiger partial charge on any atom is 0.340 e. The van der Waals surface area contributed by atoms with Gasteiger partial charge in [-0.15, -0.1) is 11.8 Å². The lowest BCUT2D eigenvalue weighted by atomic mass is 10.1. The van der Waals surface area contributed by atoms with Crippen molar-refractivity contribution in [3.8, 4) is 0 Å². The lowest BCUT2D eigenvalue weighted by molar-refractivity contribution is -0.130. The smallest absolute Gasteiger partial charge is 0.340 e. The molecule has 1 amide bonds. The van der Waals surface area contributed by atoms with Crippen molar-refractivity contribution in [1.82, 2.24) is 5.32 Å². The number of hydrogen-bond acceptors (Lipinski definition) is 4. The Morgan fingerprint density at radius 3 is 2.54 bits per heavy atom. The highest BCUT2D eigenvalue weighted by atomic mass is 32.2. The molecular formula is C20H20FNO3S. The maximum absolute atomic E-state index is 13.2. The van der Waals surface area contributed by atoms with E-state index >= 15 is 0 Å². The van der Waals surface area contributed by atoms with E-state index in [9.17, 15) is 14.0 Å². The van der Waals surface area contributed by atoms with Crippen molar-refractivity contribution in [1.29, 1.82) is 0 Å². The number of benzene rings is 2. The van der Waals surface area contributed by atoms with Gasteiger partial charge in [-0.2, -0.15) is 0 Å². The molecule has 0 bridgehead atoms. The molecular weight excluding hydrogens is 353 g/mol. The van der Waals surface area contributed by atoms with Gasteiger partial charge in [0.15, 0.2) is 0 Å². The second kappa shape index (κ2) is 8.36. The Morgan fingerprint density at radius 1 is 1.19 bits per heavy atom. The summed E-state index contributed by atoms with van der Waals surface area (Å²) in [6.45, 7) is 2.00. The molecule has 0 aliphatic heterocycles. The predicted molar refractivity (Wildman–Crippen MR) is 98.6 cm³/mol. The molecule has 1 aliphatic carbocycles. The maximum atomic E-state index is 13.2. The summed E-state index contributed by atoms with van der Waals surface area (Å²) in [4.78, 5) is 26.1. The lowest BCUT2D eigenvalue weighted by Gasteiger charge is -2.19. The number of carbonyl (C=O) groups is 2. The van der Waals surface area contributed by atoms with Crippen LogP contribution in [0.3, 0.4) is 0 Å². The average Bonchev–Trinajstić information content (AvgIpc) is 3.45. The van der Waals surface area contributed by atoms with E-state index in [1.807, 2.05) is 19.1 Å². The van der Waals surface area contributed by atoms with Gasteiger partial charge in [-0.05, 0) is 42.9 Å². The van der Waals surface area contributed by atoms with Crippen LogP contribution in [0.2, 0.25) is 0 Å². The monoisotopic (exact) mass is 373 g/mol. The van der Waals surface area contributed by atoms with E-state index in [0.717, 1.165) is 23.5 Å². The van der Waals surface area contributed by atoms with E-state index in [2.05, 4.69) is 5.32 Å². The molecule has 1 aliphatic rings. The van der Waals surface area contributed by atoms with Crippen LogP contribution in [-0.4, -0.2) is 23.7 Å². The van der Waals surface area contributed by atoms with Crippen LogP contribution in [0, 0.1) is 5.82 Å². The number of hydrogen-bond donors (Lipinski definition) is 1. The third kappa shape index (κ3) is 4.64. The molecule has 1 N–H and O–H groups in total. The zero-order valence-corrected chi connectivity index (χ0v) is 15.2. The van der Waals surface area contributed by atoms with Crippen LogP contribution in [0.4, 0.5) is 4.39 Å². The molecule has 3 rings (SSSR count). The Kier molecular flexibility index (Phi) is 5.93. The summed E-state index contributed by atoms with van der Waals surface area (Å²) in [6.07, 6.45) is 0.737. The van der Waals surface area contributed by atoms with Gasteiger partial charge in [-0.25, -0.2) is 9.18 Å². The highest BCUT2D eigenvalue weighted by Crippen LogP contribution is 2.27. The fourth-order valence-corrected chi connectivity index (χ4v) is 3.29. The zero-order chi connectivity index (χ0) is 18.5. The minimum absolute atomic E-state index is 0.132. The van der Waals surface area contributed by atoms with E-state index in [4.69, 9.17) is 4.74 Å². The quantitative estimate of drug-likeness (QED) is 0.586. The molecule has 0 spiro atoms. The minimum Gasteiger partial charge on any atom is -0.444 e. The molecule has 26 heavy (non-hydrogen) atoms. The Labute approximate surface area is 156 Å². The molecule has 0 saturated heterocycles. The highest BCUT2D eigenvalue weighted by Gasteiger charge is 2.31. The zero-order valence-electron chi connectivity index (χ0n) is 14.4. The Hall–Kier alpha value is -2.34. The average molecular weight is 373 g/mol. The number of rotatable bonds is 7. The van der Waals surface area contributed by atoms with Crippen molar-refractivity contribution in [2.24, 2.45) is 0 Å². The molecule has 1 atom stereocenters. The normalized spacial score (nSPS) is 14.5. The summed E-state index contributed by atoms with van der Waals surface area (Å²) in [7, 11) is 0. The van der Waals surface area contributed by atoms with Crippen LogP contribution in [0.1, 0.15) is 41.8 Å². The van der Waals surface area contributed by atoms with E-state index in [1.165, 1.54) is 36.0 Å². The van der Waals surface area contributed by atoms with Gasteiger partial charge in [0.05, 0.1) is 5.56 Å². The number of esters is 1. The molecule has 0 heterocycles. The second-order valence-electron chi connectivity index (χ2n) is 6.05. The topological polar surface area (TPSA) is 55.4 Å². The van der Waals surface area contributed by atoms with E-state index in [1.54, 1.807) is 12.1 Å². The van der Waals surface area contributed by atoms with Crippen LogP contribution < -0.4 is 5.32 Å². The van der Waals surface area contributed by atoms with Gasteiger partial charge in [-0.3, -0.25) is 4.79 Å². The van der Waals surface area contributed by atoms with Gasteiger partial charge >= 0.3 is 5.97 Å². The van der Waals surface area contributed by atoms with E-state index < -0.39 is 17.9 Å². The van der Waals surface area contributed by atoms with E-state index in [-0.39, 0.29) is 11.9 Å². The van der Waals surface area contributed by atoms with Gasteiger partial charge in [0, 0.05) is 16.5 Å². The summed E-state index contributed by atoms with van der Waals surface area (Å²) >= 11 is 1.53. The molecule has 1 unspecified atom stereocenters. The Bertz CT molecular complexity index is 790. The molecule has 1 fully saturated rings. The van der Waals surface area contributed by atoms with E-state index in [0.29, 0.717) is 11.1 Å². The summed E-state index contributed by atoms with van der Waals surface area (Å²) in [5.41, 5.74) is 0.865. The van der Waals surface area contributed by atoms with Gasteiger partial charge in [0.2, 0.25) is 6.10 Å². The van der Waals surface area contributed by atoms with Crippen molar-refractivity contribution in [2.75, 3.05) is 5.75 Å². The first-order chi connectivity index (χ1) is 12.6. The van der Waals surface area contributed by atoms with Crippen molar-refractivity contribution >= 4 is 23.6 Å². The predicted octanol–water partition coefficient (Wildman–Crippen LogP) is 4.11. The molecule has 1 saturated carbocycles. The molecule has 4 nitrogen and oxygen atoms in total. The van der Waals surface area contributed by atoms with Gasteiger partial charge in [-0.1, -0.05) is 31.2 Å². The number of amides is 1. The van der Waals surface area contributed by atoms with Crippen molar-refractivity contribution in [2.45, 2.75) is 36.8 Å². The highest BCUT2D eigenvalue weighted by molar-refractivity contribution is 7.99. The summed E-state index contributed by atoms with van der Waals surface area (Å²) < 4.78 is 18.8. The lowest BCUT2D eigenvalue weighted by Crippen LogP contribution is -2.33. The third-order valence-electron chi connectivity index (χ3n) is 3.97. The third-order valence-corrected chi connectivity index (χ3v) is 4.92. The number of thioether (sulfide) groups is 1. The van der Waals surface area contributed by atoms with Crippen LogP contribution in [-0.2, 0) is 9.53 Å². The minimum atomic E-state index is -1.11. The van der Waals surface area contributed by atoms with Gasteiger partial charge in [0.1, 0.15) is 5.82 Å². The molecule has 2 aromatic carbocycles. The van der Waals surface area contributed by atoms with Crippen molar-refractivity contribution in [3.63, 3.8) is 0 Å². The number of nitrogens with one attached hydrogen (secondary N) is 1. The Balaban J connectivity index is 1.83. The SMILES string of the molecule is CCSc1ccccc1C(=O)OC(C(=O)NC1CC1)c1ccc(F)cc1.